The molecule has 31 heavy (non-hydrogen) atoms. The van der Waals surface area contributed by atoms with Gasteiger partial charge in [-0.25, -0.2) is 4.39 Å². The van der Waals surface area contributed by atoms with E-state index in [0.717, 1.165) is 54.2 Å². The second kappa shape index (κ2) is 8.32. The number of aromatic nitrogens is 3. The van der Waals surface area contributed by atoms with Gasteiger partial charge in [-0.1, -0.05) is 24.3 Å². The fraction of sp³-hybridized carbons (Fsp3) is 0.200. The van der Waals surface area contributed by atoms with Crippen molar-refractivity contribution in [1.82, 2.24) is 19.7 Å². The van der Waals surface area contributed by atoms with Crippen molar-refractivity contribution in [2.75, 3.05) is 19.6 Å². The molecule has 1 aliphatic rings. The highest BCUT2D eigenvalue weighted by Gasteiger charge is 2.27. The molecule has 0 bridgehead atoms. The standard InChI is InChI=1S/C25H23FN4O/c1-2-13-29-14-12-19(17-29)30-25-22(15-27-16-23(25)26)24(28-30)18-8-10-21(11-9-18)31-20-6-4-3-5-7-20/h2-11,15-16,19H,1,12-14,17H2/t19-/m1/s1. The summed E-state index contributed by atoms with van der Waals surface area (Å²) < 4.78 is 22.5. The maximum atomic E-state index is 14.8. The molecule has 0 amide bonds. The number of rotatable bonds is 6. The van der Waals surface area contributed by atoms with Gasteiger partial charge in [-0.2, -0.15) is 5.10 Å². The quantitative estimate of drug-likeness (QED) is 0.393. The van der Waals surface area contributed by atoms with Gasteiger partial charge >= 0.3 is 0 Å². The Bertz CT molecular complexity index is 1200. The van der Waals surface area contributed by atoms with Gasteiger partial charge in [-0.05, 0) is 42.8 Å². The van der Waals surface area contributed by atoms with Crippen LogP contribution in [-0.4, -0.2) is 39.3 Å². The van der Waals surface area contributed by atoms with Crippen LogP contribution in [0.25, 0.3) is 22.2 Å². The number of halogens is 1. The molecule has 1 fully saturated rings. The second-order valence-electron chi connectivity index (χ2n) is 7.74. The van der Waals surface area contributed by atoms with E-state index in [-0.39, 0.29) is 11.9 Å². The van der Waals surface area contributed by atoms with E-state index in [1.54, 1.807) is 6.20 Å². The summed E-state index contributed by atoms with van der Waals surface area (Å²) in [4.78, 5) is 6.38. The summed E-state index contributed by atoms with van der Waals surface area (Å²) >= 11 is 0. The van der Waals surface area contributed by atoms with Gasteiger partial charge in [-0.15, -0.1) is 6.58 Å². The van der Waals surface area contributed by atoms with Crippen molar-refractivity contribution in [3.8, 4) is 22.8 Å². The van der Waals surface area contributed by atoms with Crippen molar-refractivity contribution in [2.45, 2.75) is 12.5 Å². The minimum absolute atomic E-state index is 0.119. The number of hydrogen-bond acceptors (Lipinski definition) is 4. The first-order valence-corrected chi connectivity index (χ1v) is 10.4. The lowest BCUT2D eigenvalue weighted by atomic mass is 10.1. The molecule has 2 aromatic carbocycles. The molecule has 2 aromatic heterocycles. The first-order valence-electron chi connectivity index (χ1n) is 10.4. The average molecular weight is 414 g/mol. The molecule has 0 spiro atoms. The fourth-order valence-electron chi connectivity index (χ4n) is 4.19. The molecule has 1 saturated heterocycles. The van der Waals surface area contributed by atoms with Crippen LogP contribution in [0.15, 0.2) is 79.6 Å². The van der Waals surface area contributed by atoms with Crippen molar-refractivity contribution >= 4 is 10.9 Å². The summed E-state index contributed by atoms with van der Waals surface area (Å²) in [6.45, 7) is 6.43. The van der Waals surface area contributed by atoms with Crippen LogP contribution in [0.1, 0.15) is 12.5 Å². The van der Waals surface area contributed by atoms with Gasteiger partial charge < -0.3 is 4.74 Å². The third kappa shape index (κ3) is 3.82. The van der Waals surface area contributed by atoms with Crippen LogP contribution in [0, 0.1) is 5.82 Å². The summed E-state index contributed by atoms with van der Waals surface area (Å²) in [5.74, 6) is 1.17. The van der Waals surface area contributed by atoms with E-state index in [1.165, 1.54) is 6.20 Å². The van der Waals surface area contributed by atoms with E-state index in [1.807, 2.05) is 65.4 Å². The highest BCUT2D eigenvalue weighted by Crippen LogP contribution is 2.34. The molecule has 0 radical (unpaired) electrons. The number of fused-ring (bicyclic) bond motifs is 1. The summed E-state index contributed by atoms with van der Waals surface area (Å²) in [5.41, 5.74) is 2.15. The van der Waals surface area contributed by atoms with Gasteiger partial charge in [0.25, 0.3) is 0 Å². The molecule has 156 valence electrons. The second-order valence-corrected chi connectivity index (χ2v) is 7.74. The number of likely N-dealkylation sites (tertiary alicyclic amines) is 1. The Morgan fingerprint density at radius 3 is 2.61 bits per heavy atom. The van der Waals surface area contributed by atoms with Crippen LogP contribution in [-0.2, 0) is 0 Å². The summed E-state index contributed by atoms with van der Waals surface area (Å²) in [5, 5.41) is 5.58. The molecular formula is C25H23FN4O. The van der Waals surface area contributed by atoms with Gasteiger partial charge in [0.1, 0.15) is 22.7 Å². The number of nitrogens with zero attached hydrogens (tertiary/aromatic N) is 4. The smallest absolute Gasteiger partial charge is 0.167 e. The average Bonchev–Trinajstić information content (AvgIpc) is 3.41. The van der Waals surface area contributed by atoms with Crippen molar-refractivity contribution in [3.63, 3.8) is 0 Å². The molecular weight excluding hydrogens is 391 g/mol. The van der Waals surface area contributed by atoms with Crippen molar-refractivity contribution in [3.05, 3.63) is 85.5 Å². The molecule has 6 heteroatoms. The van der Waals surface area contributed by atoms with E-state index in [9.17, 15) is 4.39 Å². The van der Waals surface area contributed by atoms with Crippen LogP contribution in [0.3, 0.4) is 0 Å². The third-order valence-electron chi connectivity index (χ3n) is 5.65. The van der Waals surface area contributed by atoms with Gasteiger partial charge in [-0.3, -0.25) is 14.6 Å². The van der Waals surface area contributed by atoms with Crippen LogP contribution in [0.4, 0.5) is 4.39 Å². The zero-order valence-corrected chi connectivity index (χ0v) is 17.1. The topological polar surface area (TPSA) is 43.2 Å². The Morgan fingerprint density at radius 1 is 1.06 bits per heavy atom. The van der Waals surface area contributed by atoms with E-state index in [4.69, 9.17) is 9.84 Å². The monoisotopic (exact) mass is 414 g/mol. The molecule has 0 aliphatic carbocycles. The maximum absolute atomic E-state index is 14.8. The Hall–Kier alpha value is -3.51. The van der Waals surface area contributed by atoms with Gasteiger partial charge in [0.05, 0.1) is 12.2 Å². The predicted octanol–water partition coefficient (Wildman–Crippen LogP) is 5.46. The molecule has 0 N–H and O–H groups in total. The highest BCUT2D eigenvalue weighted by atomic mass is 19.1. The lowest BCUT2D eigenvalue weighted by molar-refractivity contribution is 0.353. The zero-order valence-electron chi connectivity index (χ0n) is 17.1. The Kier molecular flexibility index (Phi) is 5.22. The van der Waals surface area contributed by atoms with Gasteiger partial charge in [0, 0.05) is 36.8 Å². The summed E-state index contributed by atoms with van der Waals surface area (Å²) in [6.07, 6.45) is 5.79. The van der Waals surface area contributed by atoms with Gasteiger partial charge in [0.2, 0.25) is 0 Å². The van der Waals surface area contributed by atoms with Gasteiger partial charge in [0.15, 0.2) is 5.82 Å². The molecule has 5 nitrogen and oxygen atoms in total. The lowest BCUT2D eigenvalue weighted by Crippen LogP contribution is -2.22. The number of para-hydroxylation sites is 1. The maximum Gasteiger partial charge on any atom is 0.167 e. The Balaban J connectivity index is 1.49. The lowest BCUT2D eigenvalue weighted by Gasteiger charge is -2.14. The van der Waals surface area contributed by atoms with E-state index < -0.39 is 0 Å². The van der Waals surface area contributed by atoms with Crippen molar-refractivity contribution < 1.29 is 9.13 Å². The Morgan fingerprint density at radius 2 is 1.84 bits per heavy atom. The number of benzene rings is 2. The molecule has 0 unspecified atom stereocenters. The molecule has 0 saturated carbocycles. The Labute approximate surface area is 180 Å². The molecule has 5 rings (SSSR count). The van der Waals surface area contributed by atoms with Crippen molar-refractivity contribution in [1.29, 1.82) is 0 Å². The highest BCUT2D eigenvalue weighted by molar-refractivity contribution is 5.93. The van der Waals surface area contributed by atoms with E-state index in [0.29, 0.717) is 5.52 Å². The van der Waals surface area contributed by atoms with Crippen LogP contribution in [0.5, 0.6) is 11.5 Å². The van der Waals surface area contributed by atoms with Crippen LogP contribution >= 0.6 is 0 Å². The number of pyridine rings is 1. The van der Waals surface area contributed by atoms with Crippen molar-refractivity contribution in [2.24, 2.45) is 0 Å². The molecule has 1 aliphatic heterocycles. The minimum Gasteiger partial charge on any atom is -0.457 e. The van der Waals surface area contributed by atoms with E-state index in [2.05, 4.69) is 16.5 Å². The first-order chi connectivity index (χ1) is 15.2. The number of ether oxygens (including phenoxy) is 1. The predicted molar refractivity (Wildman–Crippen MR) is 120 cm³/mol. The number of hydrogen-bond donors (Lipinski definition) is 0. The zero-order chi connectivity index (χ0) is 21.2. The third-order valence-corrected chi connectivity index (χ3v) is 5.65. The normalized spacial score (nSPS) is 16.6. The molecule has 1 atom stereocenters. The molecule has 4 aromatic rings. The summed E-state index contributed by atoms with van der Waals surface area (Å²) in [7, 11) is 0. The minimum atomic E-state index is -0.345. The van der Waals surface area contributed by atoms with Crippen LogP contribution < -0.4 is 4.74 Å². The molecule has 3 heterocycles. The van der Waals surface area contributed by atoms with Crippen LogP contribution in [0.2, 0.25) is 0 Å². The SMILES string of the molecule is C=CCN1CC[C@@H](n2nc(-c3ccc(Oc4ccccc4)cc3)c3cncc(F)c32)C1. The largest absolute Gasteiger partial charge is 0.457 e. The fourth-order valence-corrected chi connectivity index (χ4v) is 4.19. The summed E-state index contributed by atoms with van der Waals surface area (Å²) in [6, 6.07) is 17.5. The van der Waals surface area contributed by atoms with E-state index >= 15 is 0 Å². The first kappa shape index (κ1) is 19.5.